The molecule has 5 rings (SSSR count). The van der Waals surface area contributed by atoms with Crippen LogP contribution in [-0.4, -0.2) is 28.1 Å². The number of ether oxygens (including phenoxy) is 1. The molecule has 186 valence electrons. The Morgan fingerprint density at radius 2 is 1.92 bits per heavy atom. The van der Waals surface area contributed by atoms with Gasteiger partial charge < -0.3 is 10.1 Å². The summed E-state index contributed by atoms with van der Waals surface area (Å²) in [5.74, 6) is -0.316. The zero-order valence-corrected chi connectivity index (χ0v) is 21.7. The minimum atomic E-state index is -0.369. The van der Waals surface area contributed by atoms with Crippen molar-refractivity contribution in [2.24, 2.45) is 5.92 Å². The predicted octanol–water partition coefficient (Wildman–Crippen LogP) is 7.46. The average Bonchev–Trinajstić information content (AvgIpc) is 3.20. The van der Waals surface area contributed by atoms with Crippen molar-refractivity contribution < 1.29 is 14.5 Å². The molecule has 0 aromatic heterocycles. The van der Waals surface area contributed by atoms with Gasteiger partial charge in [0.2, 0.25) is 0 Å². The van der Waals surface area contributed by atoms with E-state index in [1.165, 1.54) is 17.8 Å². The third-order valence-electron chi connectivity index (χ3n) is 6.89. The highest BCUT2D eigenvalue weighted by Crippen LogP contribution is 2.58. The molecule has 5 atom stereocenters. The maximum Gasteiger partial charge on any atom is 0.338 e. The Morgan fingerprint density at radius 1 is 1.17 bits per heavy atom. The number of halogens is 2. The van der Waals surface area contributed by atoms with Gasteiger partial charge in [-0.25, -0.2) is 4.79 Å². The number of hydrogen-bond donors (Lipinski definition) is 1. The van der Waals surface area contributed by atoms with Crippen molar-refractivity contribution in [2.45, 2.75) is 40.8 Å². The molecule has 9 heteroatoms. The molecule has 2 aliphatic rings. The maximum atomic E-state index is 12.5. The van der Waals surface area contributed by atoms with Gasteiger partial charge in [-0.15, -0.1) is 23.4 Å². The van der Waals surface area contributed by atoms with Gasteiger partial charge in [-0.1, -0.05) is 35.9 Å². The SMILES string of the molecule is CCOC(=O)c1ccc2c(c1)C1C(Cl)C(Sc3ccccc3[N+](=O)[O-])CC1C(c1ccc(Cl)cc1)N2. The summed E-state index contributed by atoms with van der Waals surface area (Å²) in [5, 5.41) is 15.6. The second-order valence-electron chi connectivity index (χ2n) is 8.95. The van der Waals surface area contributed by atoms with Crippen LogP contribution in [0.3, 0.4) is 0 Å². The number of thioether (sulfide) groups is 1. The van der Waals surface area contributed by atoms with Gasteiger partial charge in [-0.3, -0.25) is 10.1 Å². The average molecular weight is 543 g/mol. The highest BCUT2D eigenvalue weighted by atomic mass is 35.5. The zero-order chi connectivity index (χ0) is 25.4. The van der Waals surface area contributed by atoms with E-state index in [0.29, 0.717) is 22.1 Å². The summed E-state index contributed by atoms with van der Waals surface area (Å²) in [6, 6.07) is 20.1. The lowest BCUT2D eigenvalue weighted by atomic mass is 9.77. The maximum absolute atomic E-state index is 12.5. The molecule has 1 aliphatic heterocycles. The number of hydrogen-bond acceptors (Lipinski definition) is 6. The Balaban J connectivity index is 1.54. The van der Waals surface area contributed by atoms with Crippen LogP contribution >= 0.6 is 35.0 Å². The molecule has 36 heavy (non-hydrogen) atoms. The molecule has 1 aliphatic carbocycles. The molecule has 5 unspecified atom stereocenters. The Hall–Kier alpha value is -2.74. The molecular formula is C27H24Cl2N2O4S. The second-order valence-corrected chi connectivity index (χ2v) is 11.2. The lowest BCUT2D eigenvalue weighted by Crippen LogP contribution is -2.31. The lowest BCUT2D eigenvalue weighted by molar-refractivity contribution is -0.387. The number of esters is 1. The van der Waals surface area contributed by atoms with Crippen LogP contribution in [0.25, 0.3) is 0 Å². The molecule has 3 aromatic rings. The van der Waals surface area contributed by atoms with E-state index in [1.54, 1.807) is 31.2 Å². The molecular weight excluding hydrogens is 519 g/mol. The van der Waals surface area contributed by atoms with Gasteiger partial charge in [-0.2, -0.15) is 0 Å². The van der Waals surface area contributed by atoms with Crippen LogP contribution in [0.2, 0.25) is 5.02 Å². The first-order valence-electron chi connectivity index (χ1n) is 11.7. The number of carbonyl (C=O) groups excluding carboxylic acids is 1. The highest BCUT2D eigenvalue weighted by molar-refractivity contribution is 8.00. The molecule has 0 saturated heterocycles. The quantitative estimate of drug-likeness (QED) is 0.150. The van der Waals surface area contributed by atoms with Crippen molar-refractivity contribution in [3.05, 3.63) is 98.6 Å². The minimum absolute atomic E-state index is 0.0224. The summed E-state index contributed by atoms with van der Waals surface area (Å²) in [7, 11) is 0. The number of carbonyl (C=O) groups is 1. The summed E-state index contributed by atoms with van der Waals surface area (Å²) >= 11 is 14.8. The van der Waals surface area contributed by atoms with E-state index in [1.807, 2.05) is 36.4 Å². The summed E-state index contributed by atoms with van der Waals surface area (Å²) in [6.45, 7) is 2.08. The molecule has 1 saturated carbocycles. The van der Waals surface area contributed by atoms with Crippen molar-refractivity contribution in [3.63, 3.8) is 0 Å². The Kier molecular flexibility index (Phi) is 7.15. The van der Waals surface area contributed by atoms with E-state index in [0.717, 1.165) is 23.2 Å². The number of rotatable bonds is 6. The minimum Gasteiger partial charge on any atom is -0.462 e. The Morgan fingerprint density at radius 3 is 2.64 bits per heavy atom. The van der Waals surface area contributed by atoms with E-state index in [-0.39, 0.29) is 45.1 Å². The van der Waals surface area contributed by atoms with Gasteiger partial charge in [0.05, 0.1) is 33.4 Å². The number of nitro groups is 1. The standard InChI is InChI=1S/C27H24Cl2N2O4S/c1-2-35-27(32)16-9-12-20-18(13-16)24-19(26(30-20)15-7-10-17(28)11-8-15)14-23(25(24)29)36-22-6-4-3-5-21(22)31(33)34/h3-13,19,23-26,30H,2,14H2,1H3. The number of nitrogens with zero attached hydrogens (tertiary/aromatic N) is 1. The van der Waals surface area contributed by atoms with Crippen molar-refractivity contribution >= 4 is 52.3 Å². The molecule has 1 heterocycles. The van der Waals surface area contributed by atoms with Crippen LogP contribution in [0.4, 0.5) is 11.4 Å². The summed E-state index contributed by atoms with van der Waals surface area (Å²) in [6.07, 6.45) is 0.749. The van der Waals surface area contributed by atoms with Gasteiger partial charge >= 0.3 is 5.97 Å². The van der Waals surface area contributed by atoms with E-state index < -0.39 is 0 Å². The van der Waals surface area contributed by atoms with Crippen LogP contribution < -0.4 is 5.32 Å². The number of anilines is 1. The first kappa shape index (κ1) is 24.9. The summed E-state index contributed by atoms with van der Waals surface area (Å²) in [5.41, 5.74) is 3.56. The van der Waals surface area contributed by atoms with Crippen molar-refractivity contribution in [2.75, 3.05) is 11.9 Å². The zero-order valence-electron chi connectivity index (χ0n) is 19.4. The van der Waals surface area contributed by atoms with Gasteiger partial charge in [0.1, 0.15) is 0 Å². The molecule has 6 nitrogen and oxygen atoms in total. The molecule has 3 aromatic carbocycles. The van der Waals surface area contributed by atoms with E-state index in [9.17, 15) is 14.9 Å². The van der Waals surface area contributed by atoms with Crippen LogP contribution in [0, 0.1) is 16.0 Å². The number of benzene rings is 3. The largest absolute Gasteiger partial charge is 0.462 e. The van der Waals surface area contributed by atoms with Crippen LogP contribution in [-0.2, 0) is 4.74 Å². The van der Waals surface area contributed by atoms with Gasteiger partial charge in [0, 0.05) is 27.9 Å². The van der Waals surface area contributed by atoms with Gasteiger partial charge in [-0.05, 0) is 66.8 Å². The molecule has 1 fully saturated rings. The molecule has 0 radical (unpaired) electrons. The molecule has 0 bridgehead atoms. The molecule has 1 N–H and O–H groups in total. The van der Waals surface area contributed by atoms with Crippen molar-refractivity contribution in [1.82, 2.24) is 0 Å². The molecule has 0 spiro atoms. The fraction of sp³-hybridized carbons (Fsp3) is 0.296. The third-order valence-corrected chi connectivity index (χ3v) is 9.26. The highest BCUT2D eigenvalue weighted by Gasteiger charge is 2.50. The topological polar surface area (TPSA) is 81.5 Å². The van der Waals surface area contributed by atoms with Crippen LogP contribution in [0.15, 0.2) is 71.6 Å². The van der Waals surface area contributed by atoms with Gasteiger partial charge in [0.15, 0.2) is 0 Å². The van der Waals surface area contributed by atoms with Crippen LogP contribution in [0.5, 0.6) is 0 Å². The van der Waals surface area contributed by atoms with E-state index in [4.69, 9.17) is 27.9 Å². The fourth-order valence-electron chi connectivity index (χ4n) is 5.33. The fourth-order valence-corrected chi connectivity index (χ4v) is 7.40. The van der Waals surface area contributed by atoms with E-state index in [2.05, 4.69) is 5.32 Å². The smallest absolute Gasteiger partial charge is 0.338 e. The normalized spacial score (nSPS) is 24.4. The number of para-hydroxylation sites is 1. The Labute approximate surface area is 223 Å². The van der Waals surface area contributed by atoms with E-state index >= 15 is 0 Å². The van der Waals surface area contributed by atoms with Crippen molar-refractivity contribution in [1.29, 1.82) is 0 Å². The van der Waals surface area contributed by atoms with Crippen molar-refractivity contribution in [3.8, 4) is 0 Å². The number of alkyl halides is 1. The Bertz CT molecular complexity index is 1300. The third kappa shape index (κ3) is 4.67. The predicted molar refractivity (Wildman–Crippen MR) is 143 cm³/mol. The second kappa shape index (κ2) is 10.3. The first-order chi connectivity index (χ1) is 17.4. The number of nitrogens with one attached hydrogen (secondary N) is 1. The summed E-state index contributed by atoms with van der Waals surface area (Å²) < 4.78 is 5.22. The first-order valence-corrected chi connectivity index (χ1v) is 13.4. The van der Waals surface area contributed by atoms with Crippen LogP contribution in [0.1, 0.15) is 46.8 Å². The monoisotopic (exact) mass is 542 g/mol. The number of fused-ring (bicyclic) bond motifs is 3. The summed E-state index contributed by atoms with van der Waals surface area (Å²) in [4.78, 5) is 24.3. The lowest BCUT2D eigenvalue weighted by Gasteiger charge is -2.38. The molecule has 0 amide bonds. The number of nitro benzene ring substituents is 1. The van der Waals surface area contributed by atoms with Gasteiger partial charge in [0.25, 0.3) is 5.69 Å².